The normalized spacial score (nSPS) is 11.7. The Hall–Kier alpha value is -6.44. The molecule has 0 spiro atoms. The van der Waals surface area contributed by atoms with Crippen molar-refractivity contribution in [1.29, 1.82) is 0 Å². The maximum absolute atomic E-state index is 2.38. The lowest BCUT2D eigenvalue weighted by molar-refractivity contribution is 1.18. The molecule has 1 heterocycles. The molecule has 0 amide bonds. The molecule has 0 saturated heterocycles. The Morgan fingerprint density at radius 3 is 1.22 bits per heavy atom. The Bertz CT molecular complexity index is 2840. The van der Waals surface area contributed by atoms with Gasteiger partial charge in [0.05, 0.1) is 11.0 Å². The van der Waals surface area contributed by atoms with Crippen LogP contribution < -0.4 is 0 Å². The Labute approximate surface area is 284 Å². The van der Waals surface area contributed by atoms with Crippen LogP contribution in [0, 0.1) is 0 Å². The van der Waals surface area contributed by atoms with E-state index in [4.69, 9.17) is 0 Å². The average Bonchev–Trinajstić information content (AvgIpc) is 3.52. The van der Waals surface area contributed by atoms with E-state index >= 15 is 0 Å². The number of rotatable bonds is 4. The van der Waals surface area contributed by atoms with Crippen LogP contribution in [-0.2, 0) is 0 Å². The van der Waals surface area contributed by atoms with Gasteiger partial charge in [-0.05, 0) is 114 Å². The quantitative estimate of drug-likeness (QED) is 0.172. The first-order valence-electron chi connectivity index (χ1n) is 16.9. The molecule has 0 radical (unpaired) electrons. The third-order valence-corrected chi connectivity index (χ3v) is 10.2. The number of nitrogens with zero attached hydrogens (tertiary/aromatic N) is 1. The fraction of sp³-hybridized carbons (Fsp3) is 0. The Morgan fingerprint density at radius 1 is 0.224 bits per heavy atom. The van der Waals surface area contributed by atoms with Crippen LogP contribution in [0.3, 0.4) is 0 Å². The van der Waals surface area contributed by atoms with Gasteiger partial charge in [-0.15, -0.1) is 0 Å². The van der Waals surface area contributed by atoms with Crippen LogP contribution in [0.2, 0.25) is 0 Å². The number of hydrogen-bond donors (Lipinski definition) is 0. The fourth-order valence-corrected chi connectivity index (χ4v) is 7.85. The van der Waals surface area contributed by atoms with Gasteiger partial charge >= 0.3 is 0 Å². The van der Waals surface area contributed by atoms with E-state index in [9.17, 15) is 0 Å². The predicted octanol–water partition coefficient (Wildman–Crippen LogP) is 13.2. The van der Waals surface area contributed by atoms with E-state index < -0.39 is 0 Å². The van der Waals surface area contributed by atoms with E-state index in [1.165, 1.54) is 93.2 Å². The summed E-state index contributed by atoms with van der Waals surface area (Å²) in [5.74, 6) is 0. The Morgan fingerprint density at radius 2 is 0.633 bits per heavy atom. The summed E-state index contributed by atoms with van der Waals surface area (Å²) in [6.07, 6.45) is 0. The lowest BCUT2D eigenvalue weighted by Gasteiger charge is -2.13. The Kier molecular flexibility index (Phi) is 6.25. The molecule has 1 aromatic heterocycles. The maximum Gasteiger partial charge on any atom is 0.0541 e. The third kappa shape index (κ3) is 4.47. The second-order valence-electron chi connectivity index (χ2n) is 12.9. The summed E-state index contributed by atoms with van der Waals surface area (Å²) in [4.78, 5) is 0. The van der Waals surface area contributed by atoms with Gasteiger partial charge in [0.25, 0.3) is 0 Å². The highest BCUT2D eigenvalue weighted by molar-refractivity contribution is 6.25. The fourth-order valence-electron chi connectivity index (χ4n) is 7.85. The molecular formula is C48H31N. The van der Waals surface area contributed by atoms with Crippen molar-refractivity contribution < 1.29 is 0 Å². The topological polar surface area (TPSA) is 4.93 Å². The first-order valence-corrected chi connectivity index (χ1v) is 16.9. The van der Waals surface area contributed by atoms with Crippen molar-refractivity contribution >= 4 is 54.1 Å². The SMILES string of the molecule is c1ccc(-n2c3ccccc3c3cc(-c4cccc(-c5cccc(-c6ccc7c8ccccc8c8ccccc8c7c6)c5)c4)ccc32)cc1. The molecule has 0 saturated carbocycles. The minimum absolute atomic E-state index is 1.18. The molecule has 1 nitrogen and oxygen atoms in total. The molecule has 0 atom stereocenters. The standard InChI is InChI=1S/C48H31N/c1-2-16-38(17-3-1)49-47-23-9-8-22-44(47)46-31-37(25-27-48(46)49)35-15-11-13-33(29-35)32-12-10-14-34(28-32)36-24-26-43-41-20-5-4-18-39(41)40-19-6-7-21-42(40)45(43)30-36/h1-31H. The summed E-state index contributed by atoms with van der Waals surface area (Å²) in [5, 5.41) is 10.3. The van der Waals surface area contributed by atoms with Gasteiger partial charge in [0.2, 0.25) is 0 Å². The van der Waals surface area contributed by atoms with Crippen molar-refractivity contribution in [2.75, 3.05) is 0 Å². The van der Waals surface area contributed by atoms with E-state index in [-0.39, 0.29) is 0 Å². The highest BCUT2D eigenvalue weighted by Crippen LogP contribution is 2.39. The molecule has 0 bridgehead atoms. The van der Waals surface area contributed by atoms with Crippen LogP contribution in [0.25, 0.3) is 93.2 Å². The van der Waals surface area contributed by atoms with Crippen molar-refractivity contribution in [3.05, 3.63) is 188 Å². The molecule has 0 unspecified atom stereocenters. The molecule has 0 aliphatic rings. The van der Waals surface area contributed by atoms with Crippen molar-refractivity contribution in [2.45, 2.75) is 0 Å². The van der Waals surface area contributed by atoms with Gasteiger partial charge in [0.1, 0.15) is 0 Å². The maximum atomic E-state index is 2.38. The number of aromatic nitrogens is 1. The van der Waals surface area contributed by atoms with Crippen molar-refractivity contribution in [1.82, 2.24) is 4.57 Å². The van der Waals surface area contributed by atoms with E-state index in [2.05, 4.69) is 193 Å². The van der Waals surface area contributed by atoms with Crippen LogP contribution in [-0.4, -0.2) is 4.57 Å². The first kappa shape index (κ1) is 27.7. The smallest absolute Gasteiger partial charge is 0.0541 e. The molecule has 10 aromatic rings. The van der Waals surface area contributed by atoms with Gasteiger partial charge in [-0.25, -0.2) is 0 Å². The molecule has 0 N–H and O–H groups in total. The first-order chi connectivity index (χ1) is 24.3. The van der Waals surface area contributed by atoms with E-state index in [0.717, 1.165) is 0 Å². The summed E-state index contributed by atoms with van der Waals surface area (Å²) in [6, 6.07) is 68.7. The van der Waals surface area contributed by atoms with Crippen LogP contribution >= 0.6 is 0 Å². The predicted molar refractivity (Wildman–Crippen MR) is 210 cm³/mol. The largest absolute Gasteiger partial charge is 0.309 e. The minimum atomic E-state index is 1.18. The Balaban J connectivity index is 1.06. The summed E-state index contributed by atoms with van der Waals surface area (Å²) in [7, 11) is 0. The summed E-state index contributed by atoms with van der Waals surface area (Å²) in [5.41, 5.74) is 10.9. The van der Waals surface area contributed by atoms with Gasteiger partial charge in [0, 0.05) is 16.5 Å². The number of benzene rings is 9. The summed E-state index contributed by atoms with van der Waals surface area (Å²) >= 11 is 0. The van der Waals surface area contributed by atoms with Gasteiger partial charge in [-0.2, -0.15) is 0 Å². The lowest BCUT2D eigenvalue weighted by atomic mass is 9.91. The second-order valence-corrected chi connectivity index (χ2v) is 12.9. The lowest BCUT2D eigenvalue weighted by Crippen LogP contribution is -1.92. The van der Waals surface area contributed by atoms with Crippen LogP contribution in [0.4, 0.5) is 0 Å². The van der Waals surface area contributed by atoms with E-state index in [1.54, 1.807) is 0 Å². The molecule has 49 heavy (non-hydrogen) atoms. The molecule has 0 fully saturated rings. The minimum Gasteiger partial charge on any atom is -0.309 e. The van der Waals surface area contributed by atoms with E-state index in [0.29, 0.717) is 0 Å². The number of para-hydroxylation sites is 2. The molecule has 228 valence electrons. The number of fused-ring (bicyclic) bond motifs is 9. The van der Waals surface area contributed by atoms with Gasteiger partial charge in [-0.1, -0.05) is 140 Å². The molecule has 1 heteroatoms. The van der Waals surface area contributed by atoms with Crippen LogP contribution in [0.5, 0.6) is 0 Å². The van der Waals surface area contributed by atoms with Crippen molar-refractivity contribution in [2.24, 2.45) is 0 Å². The van der Waals surface area contributed by atoms with Crippen molar-refractivity contribution in [3.8, 4) is 39.1 Å². The molecule has 9 aromatic carbocycles. The summed E-state index contributed by atoms with van der Waals surface area (Å²) in [6.45, 7) is 0. The zero-order valence-corrected chi connectivity index (χ0v) is 26.8. The third-order valence-electron chi connectivity index (χ3n) is 10.2. The highest BCUT2D eigenvalue weighted by atomic mass is 15.0. The zero-order valence-electron chi connectivity index (χ0n) is 26.8. The van der Waals surface area contributed by atoms with Crippen molar-refractivity contribution in [3.63, 3.8) is 0 Å². The monoisotopic (exact) mass is 621 g/mol. The van der Waals surface area contributed by atoms with Gasteiger partial charge in [-0.3, -0.25) is 0 Å². The molecule has 0 aliphatic heterocycles. The van der Waals surface area contributed by atoms with Crippen LogP contribution in [0.1, 0.15) is 0 Å². The molecular weight excluding hydrogens is 591 g/mol. The molecule has 10 rings (SSSR count). The van der Waals surface area contributed by atoms with Gasteiger partial charge in [0.15, 0.2) is 0 Å². The van der Waals surface area contributed by atoms with E-state index in [1.807, 2.05) is 0 Å². The zero-order chi connectivity index (χ0) is 32.3. The van der Waals surface area contributed by atoms with Gasteiger partial charge < -0.3 is 4.57 Å². The molecule has 0 aliphatic carbocycles. The summed E-state index contributed by atoms with van der Waals surface area (Å²) < 4.78 is 2.37. The highest BCUT2D eigenvalue weighted by Gasteiger charge is 2.14. The number of hydrogen-bond acceptors (Lipinski definition) is 0. The van der Waals surface area contributed by atoms with Crippen LogP contribution in [0.15, 0.2) is 188 Å². The second kappa shape index (κ2) is 11.1. The average molecular weight is 622 g/mol.